The Morgan fingerprint density at radius 3 is 2.79 bits per heavy atom. The maximum atomic E-state index is 5.96. The van der Waals surface area contributed by atoms with Gasteiger partial charge in [0, 0.05) is 18.5 Å². The highest BCUT2D eigenvalue weighted by molar-refractivity contribution is 5.64. The molecule has 0 radical (unpaired) electrons. The van der Waals surface area contributed by atoms with Crippen molar-refractivity contribution in [2.24, 2.45) is 0 Å². The predicted octanol–water partition coefficient (Wildman–Crippen LogP) is 2.91. The molecule has 3 aromatic rings. The van der Waals surface area contributed by atoms with Crippen molar-refractivity contribution in [3.63, 3.8) is 0 Å². The lowest BCUT2D eigenvalue weighted by molar-refractivity contribution is 0.0873. The minimum atomic E-state index is -0.0209. The van der Waals surface area contributed by atoms with Gasteiger partial charge in [-0.1, -0.05) is 12.1 Å². The minimum absolute atomic E-state index is 0.0209. The molecule has 0 spiro atoms. The first-order valence-electron chi connectivity index (χ1n) is 9.07. The van der Waals surface area contributed by atoms with E-state index >= 15 is 0 Å². The maximum absolute atomic E-state index is 5.96. The number of aromatic nitrogens is 3. The van der Waals surface area contributed by atoms with Crippen LogP contribution in [0.15, 0.2) is 48.7 Å². The lowest BCUT2D eigenvalue weighted by atomic mass is 10.1. The summed E-state index contributed by atoms with van der Waals surface area (Å²) in [6.45, 7) is 1.41. The average molecular weight is 378 g/mol. The number of anilines is 1. The number of nitrogens with zero attached hydrogens (tertiary/aromatic N) is 3. The Morgan fingerprint density at radius 1 is 0.964 bits per heavy atom. The quantitative estimate of drug-likeness (QED) is 0.725. The van der Waals surface area contributed by atoms with Crippen molar-refractivity contribution in [1.29, 1.82) is 0 Å². The van der Waals surface area contributed by atoms with E-state index in [-0.39, 0.29) is 12.9 Å². The maximum Gasteiger partial charge on any atom is 0.243 e. The molecule has 0 saturated heterocycles. The number of ether oxygens (including phenoxy) is 4. The predicted molar refractivity (Wildman–Crippen MR) is 101 cm³/mol. The summed E-state index contributed by atoms with van der Waals surface area (Å²) in [5.41, 5.74) is 1.60. The third-order valence-electron chi connectivity index (χ3n) is 4.54. The molecule has 1 N–H and O–H groups in total. The van der Waals surface area contributed by atoms with Gasteiger partial charge in [-0.25, -0.2) is 4.98 Å². The molecule has 2 aliphatic heterocycles. The monoisotopic (exact) mass is 378 g/mol. The van der Waals surface area contributed by atoms with Gasteiger partial charge in [0.2, 0.25) is 12.7 Å². The fraction of sp³-hybridized carbons (Fsp3) is 0.250. The smallest absolute Gasteiger partial charge is 0.243 e. The van der Waals surface area contributed by atoms with Crippen molar-refractivity contribution < 1.29 is 18.9 Å². The molecule has 0 bridgehead atoms. The molecular formula is C20H18N4O4. The van der Waals surface area contributed by atoms with Crippen molar-refractivity contribution >= 4 is 5.95 Å². The van der Waals surface area contributed by atoms with Crippen molar-refractivity contribution in [3.8, 4) is 34.3 Å². The first-order chi connectivity index (χ1) is 13.8. The van der Waals surface area contributed by atoms with Crippen molar-refractivity contribution in [1.82, 2.24) is 15.2 Å². The molecule has 0 fully saturated rings. The van der Waals surface area contributed by atoms with E-state index in [1.807, 2.05) is 42.5 Å². The van der Waals surface area contributed by atoms with Crippen LogP contribution in [0.4, 0.5) is 5.95 Å². The standard InChI is InChI=1S/C20H18N4O4/c1-2-4-18-16(3-1)25-11-14(28-18)7-8-21-20-23-15(10-22-24-20)13-5-6-17-19(9-13)27-12-26-17/h1-6,9-10,14H,7-8,11-12H2,(H,21,23,24)/t14-/m1/s1. The van der Waals surface area contributed by atoms with Gasteiger partial charge in [0.25, 0.3) is 0 Å². The molecule has 2 aliphatic rings. The first-order valence-corrected chi connectivity index (χ1v) is 9.07. The second-order valence-corrected chi connectivity index (χ2v) is 6.45. The van der Waals surface area contributed by atoms with Crippen LogP contribution in [0.1, 0.15) is 6.42 Å². The third-order valence-corrected chi connectivity index (χ3v) is 4.54. The first kappa shape index (κ1) is 16.6. The summed E-state index contributed by atoms with van der Waals surface area (Å²) in [4.78, 5) is 4.53. The summed E-state index contributed by atoms with van der Waals surface area (Å²) in [5, 5.41) is 11.3. The Morgan fingerprint density at radius 2 is 1.82 bits per heavy atom. The van der Waals surface area contributed by atoms with E-state index in [0.29, 0.717) is 30.5 Å². The lowest BCUT2D eigenvalue weighted by Crippen LogP contribution is -2.31. The Kier molecular flexibility index (Phi) is 4.29. The highest BCUT2D eigenvalue weighted by Crippen LogP contribution is 2.35. The number of fused-ring (bicyclic) bond motifs is 2. The number of benzene rings is 2. The number of para-hydroxylation sites is 2. The Bertz CT molecular complexity index is 997. The van der Waals surface area contributed by atoms with Crippen LogP contribution in [-0.4, -0.2) is 41.2 Å². The normalized spacial score (nSPS) is 16.6. The van der Waals surface area contributed by atoms with Crippen molar-refractivity contribution in [2.75, 3.05) is 25.3 Å². The molecule has 1 aromatic heterocycles. The summed E-state index contributed by atoms with van der Waals surface area (Å²) in [6, 6.07) is 13.4. The molecule has 0 saturated carbocycles. The fourth-order valence-electron chi connectivity index (χ4n) is 3.12. The molecule has 28 heavy (non-hydrogen) atoms. The molecule has 8 nitrogen and oxygen atoms in total. The van der Waals surface area contributed by atoms with Crippen LogP contribution < -0.4 is 24.3 Å². The number of rotatable bonds is 5. The van der Waals surface area contributed by atoms with E-state index in [0.717, 1.165) is 29.2 Å². The highest BCUT2D eigenvalue weighted by atomic mass is 16.7. The van der Waals surface area contributed by atoms with Crippen molar-refractivity contribution in [3.05, 3.63) is 48.7 Å². The summed E-state index contributed by atoms with van der Waals surface area (Å²) in [7, 11) is 0. The van der Waals surface area contributed by atoms with Crippen LogP contribution in [-0.2, 0) is 0 Å². The Balaban J connectivity index is 1.21. The Hall–Kier alpha value is -3.55. The lowest BCUT2D eigenvalue weighted by Gasteiger charge is -2.26. The number of hydrogen-bond acceptors (Lipinski definition) is 8. The van der Waals surface area contributed by atoms with E-state index in [1.165, 1.54) is 0 Å². The SMILES string of the molecule is c1ccc2c(c1)OC[C@@H](CCNc1nncc(-c3ccc4c(c3)OCO4)n1)O2. The highest BCUT2D eigenvalue weighted by Gasteiger charge is 2.20. The zero-order chi connectivity index (χ0) is 18.8. The largest absolute Gasteiger partial charge is 0.486 e. The van der Waals surface area contributed by atoms with Crippen LogP contribution in [0.2, 0.25) is 0 Å². The van der Waals surface area contributed by atoms with Gasteiger partial charge in [0.15, 0.2) is 23.0 Å². The third kappa shape index (κ3) is 3.36. The molecule has 0 unspecified atom stereocenters. The van der Waals surface area contributed by atoms with Gasteiger partial charge in [-0.05, 0) is 30.3 Å². The van der Waals surface area contributed by atoms with E-state index in [9.17, 15) is 0 Å². The van der Waals surface area contributed by atoms with Gasteiger partial charge in [-0.15, -0.1) is 5.10 Å². The molecule has 3 heterocycles. The molecule has 5 rings (SSSR count). The minimum Gasteiger partial charge on any atom is -0.486 e. The molecular weight excluding hydrogens is 360 g/mol. The topological polar surface area (TPSA) is 87.6 Å². The van der Waals surface area contributed by atoms with Crippen molar-refractivity contribution in [2.45, 2.75) is 12.5 Å². The fourth-order valence-corrected chi connectivity index (χ4v) is 3.12. The van der Waals surface area contributed by atoms with Crippen LogP contribution in [0.3, 0.4) is 0 Å². The van der Waals surface area contributed by atoms with Crippen LogP contribution in [0.25, 0.3) is 11.3 Å². The van der Waals surface area contributed by atoms with Gasteiger partial charge in [-0.2, -0.15) is 5.10 Å². The Labute approximate surface area is 161 Å². The summed E-state index contributed by atoms with van der Waals surface area (Å²) < 4.78 is 22.5. The molecule has 142 valence electrons. The number of nitrogens with one attached hydrogen (secondary N) is 1. The molecule has 8 heteroatoms. The van der Waals surface area contributed by atoms with E-state index in [2.05, 4.69) is 20.5 Å². The molecule has 0 amide bonds. The average Bonchev–Trinajstić information content (AvgIpc) is 3.22. The second-order valence-electron chi connectivity index (χ2n) is 6.45. The van der Waals surface area contributed by atoms with Crippen LogP contribution in [0, 0.1) is 0 Å². The molecule has 0 aliphatic carbocycles. The molecule has 2 aromatic carbocycles. The zero-order valence-electron chi connectivity index (χ0n) is 15.0. The summed E-state index contributed by atoms with van der Waals surface area (Å²) >= 11 is 0. The van der Waals surface area contributed by atoms with Gasteiger partial charge in [0.1, 0.15) is 12.7 Å². The van der Waals surface area contributed by atoms with Gasteiger partial charge in [-0.3, -0.25) is 0 Å². The van der Waals surface area contributed by atoms with E-state index in [4.69, 9.17) is 18.9 Å². The van der Waals surface area contributed by atoms with Gasteiger partial charge >= 0.3 is 0 Å². The van der Waals surface area contributed by atoms with Crippen LogP contribution >= 0.6 is 0 Å². The van der Waals surface area contributed by atoms with E-state index < -0.39 is 0 Å². The van der Waals surface area contributed by atoms with Crippen LogP contribution in [0.5, 0.6) is 23.0 Å². The molecule has 1 atom stereocenters. The summed E-state index contributed by atoms with van der Waals surface area (Å²) in [5.74, 6) is 3.48. The number of hydrogen-bond donors (Lipinski definition) is 1. The second kappa shape index (κ2) is 7.22. The van der Waals surface area contributed by atoms with Gasteiger partial charge in [0.05, 0.1) is 11.9 Å². The van der Waals surface area contributed by atoms with Gasteiger partial charge < -0.3 is 24.3 Å². The van der Waals surface area contributed by atoms with E-state index in [1.54, 1.807) is 6.20 Å². The zero-order valence-corrected chi connectivity index (χ0v) is 15.0. The summed E-state index contributed by atoms with van der Waals surface area (Å²) in [6.07, 6.45) is 2.36.